The van der Waals surface area contributed by atoms with Crippen LogP contribution in [0.3, 0.4) is 0 Å². The summed E-state index contributed by atoms with van der Waals surface area (Å²) in [4.78, 5) is 4.85. The molecular weight excluding hydrogens is 186 g/mol. The molecule has 0 radical (unpaired) electrons. The predicted octanol–water partition coefficient (Wildman–Crippen LogP) is 0.997. The Morgan fingerprint density at radius 2 is 1.87 bits per heavy atom. The van der Waals surface area contributed by atoms with Crippen LogP contribution in [0.5, 0.6) is 0 Å². The van der Waals surface area contributed by atoms with Gasteiger partial charge in [-0.15, -0.1) is 0 Å². The van der Waals surface area contributed by atoms with Gasteiger partial charge in [0.05, 0.1) is 0 Å². The van der Waals surface area contributed by atoms with Crippen molar-refractivity contribution in [3.8, 4) is 0 Å². The molecule has 3 nitrogen and oxygen atoms in total. The smallest absolute Gasteiger partial charge is 0.0247 e. The normalized spacial score (nSPS) is 18.8. The maximum absolute atomic E-state index is 5.90. The molecule has 15 heavy (non-hydrogen) atoms. The fourth-order valence-electron chi connectivity index (χ4n) is 2.18. The minimum absolute atomic E-state index is 0.643. The van der Waals surface area contributed by atoms with Gasteiger partial charge in [0.2, 0.25) is 0 Å². The Balaban J connectivity index is 2.38. The van der Waals surface area contributed by atoms with Crippen LogP contribution in [0.4, 0.5) is 0 Å². The monoisotopic (exact) mass is 213 g/mol. The molecule has 0 spiro atoms. The Morgan fingerprint density at radius 1 is 1.20 bits per heavy atom. The minimum atomic E-state index is 0.643. The molecule has 0 amide bonds. The summed E-state index contributed by atoms with van der Waals surface area (Å²) >= 11 is 0. The van der Waals surface area contributed by atoms with E-state index < -0.39 is 0 Å². The Morgan fingerprint density at radius 3 is 2.27 bits per heavy atom. The molecule has 1 rings (SSSR count). The fourth-order valence-corrected chi connectivity index (χ4v) is 2.18. The second-order valence-corrected chi connectivity index (χ2v) is 4.98. The Hall–Kier alpha value is -0.120. The SMILES string of the molecule is CCCN(CCN(C)C)C(CN)C1CC1. The van der Waals surface area contributed by atoms with E-state index >= 15 is 0 Å². The zero-order chi connectivity index (χ0) is 11.3. The first-order valence-corrected chi connectivity index (χ1v) is 6.27. The summed E-state index contributed by atoms with van der Waals surface area (Å²) in [7, 11) is 4.28. The molecule has 0 aromatic heterocycles. The van der Waals surface area contributed by atoms with Gasteiger partial charge in [0.15, 0.2) is 0 Å². The van der Waals surface area contributed by atoms with E-state index in [4.69, 9.17) is 5.73 Å². The van der Waals surface area contributed by atoms with Gasteiger partial charge in [0.1, 0.15) is 0 Å². The molecule has 0 bridgehead atoms. The van der Waals surface area contributed by atoms with E-state index in [1.807, 2.05) is 0 Å². The first kappa shape index (κ1) is 12.9. The van der Waals surface area contributed by atoms with Crippen LogP contribution in [-0.4, -0.2) is 56.1 Å². The van der Waals surface area contributed by atoms with Crippen LogP contribution in [0.25, 0.3) is 0 Å². The highest BCUT2D eigenvalue weighted by Crippen LogP contribution is 2.34. The number of hydrogen-bond donors (Lipinski definition) is 1. The van der Waals surface area contributed by atoms with Crippen molar-refractivity contribution >= 4 is 0 Å². The average molecular weight is 213 g/mol. The fraction of sp³-hybridized carbons (Fsp3) is 1.00. The third-order valence-corrected chi connectivity index (χ3v) is 3.22. The third-order valence-electron chi connectivity index (χ3n) is 3.22. The van der Waals surface area contributed by atoms with Crippen LogP contribution >= 0.6 is 0 Å². The van der Waals surface area contributed by atoms with E-state index in [0.717, 1.165) is 19.0 Å². The molecular formula is C12H27N3. The van der Waals surface area contributed by atoms with Gasteiger partial charge in [0, 0.05) is 25.7 Å². The van der Waals surface area contributed by atoms with Gasteiger partial charge in [-0.3, -0.25) is 4.90 Å². The Kier molecular flexibility index (Phi) is 5.58. The number of nitrogens with two attached hydrogens (primary N) is 1. The number of likely N-dealkylation sites (N-methyl/N-ethyl adjacent to an activating group) is 1. The summed E-state index contributed by atoms with van der Waals surface area (Å²) < 4.78 is 0. The maximum Gasteiger partial charge on any atom is 0.0247 e. The molecule has 1 saturated carbocycles. The summed E-state index contributed by atoms with van der Waals surface area (Å²) in [6.45, 7) is 6.59. The summed E-state index contributed by atoms with van der Waals surface area (Å²) in [5, 5.41) is 0. The molecule has 0 aromatic carbocycles. The van der Waals surface area contributed by atoms with Crippen molar-refractivity contribution in [1.29, 1.82) is 0 Å². The number of rotatable bonds is 8. The summed E-state index contributed by atoms with van der Waals surface area (Å²) in [5.74, 6) is 0.892. The van der Waals surface area contributed by atoms with Crippen LogP contribution in [-0.2, 0) is 0 Å². The maximum atomic E-state index is 5.90. The Labute approximate surface area is 94.6 Å². The van der Waals surface area contributed by atoms with Gasteiger partial charge in [-0.1, -0.05) is 6.92 Å². The molecule has 1 aliphatic rings. The zero-order valence-corrected chi connectivity index (χ0v) is 10.6. The van der Waals surface area contributed by atoms with Gasteiger partial charge in [-0.05, 0) is 45.8 Å². The zero-order valence-electron chi connectivity index (χ0n) is 10.6. The molecule has 1 atom stereocenters. The van der Waals surface area contributed by atoms with Crippen molar-refractivity contribution in [2.45, 2.75) is 32.2 Å². The standard InChI is InChI=1S/C12H27N3/c1-4-7-15(9-8-14(2)3)12(10-13)11-5-6-11/h11-12H,4-10,13H2,1-3H3. The quantitative estimate of drug-likeness (QED) is 0.653. The lowest BCUT2D eigenvalue weighted by atomic mass is 10.1. The first-order chi connectivity index (χ1) is 7.19. The van der Waals surface area contributed by atoms with E-state index in [0.29, 0.717) is 6.04 Å². The van der Waals surface area contributed by atoms with Crippen LogP contribution in [0.15, 0.2) is 0 Å². The van der Waals surface area contributed by atoms with E-state index in [1.54, 1.807) is 0 Å². The van der Waals surface area contributed by atoms with Crippen molar-refractivity contribution in [2.24, 2.45) is 11.7 Å². The molecule has 3 heteroatoms. The lowest BCUT2D eigenvalue weighted by Crippen LogP contribution is -2.45. The average Bonchev–Trinajstić information content (AvgIpc) is 2.99. The second-order valence-electron chi connectivity index (χ2n) is 4.98. The molecule has 1 unspecified atom stereocenters. The molecule has 1 aliphatic carbocycles. The van der Waals surface area contributed by atoms with Crippen molar-refractivity contribution in [2.75, 3.05) is 40.3 Å². The van der Waals surface area contributed by atoms with Crippen molar-refractivity contribution in [3.63, 3.8) is 0 Å². The number of nitrogens with zero attached hydrogens (tertiary/aromatic N) is 2. The number of hydrogen-bond acceptors (Lipinski definition) is 3. The first-order valence-electron chi connectivity index (χ1n) is 6.27. The highest BCUT2D eigenvalue weighted by atomic mass is 15.2. The van der Waals surface area contributed by atoms with Gasteiger partial charge >= 0.3 is 0 Å². The molecule has 1 fully saturated rings. The van der Waals surface area contributed by atoms with Crippen molar-refractivity contribution < 1.29 is 0 Å². The van der Waals surface area contributed by atoms with Crippen molar-refractivity contribution in [1.82, 2.24) is 9.80 Å². The lowest BCUT2D eigenvalue weighted by Gasteiger charge is -2.31. The highest BCUT2D eigenvalue weighted by molar-refractivity contribution is 4.89. The largest absolute Gasteiger partial charge is 0.329 e. The van der Waals surface area contributed by atoms with E-state index in [-0.39, 0.29) is 0 Å². The highest BCUT2D eigenvalue weighted by Gasteiger charge is 2.33. The summed E-state index contributed by atoms with van der Waals surface area (Å²) in [6.07, 6.45) is 4.02. The molecule has 0 aromatic rings. The predicted molar refractivity (Wildman–Crippen MR) is 66.0 cm³/mol. The second kappa shape index (κ2) is 6.46. The molecule has 2 N–H and O–H groups in total. The van der Waals surface area contributed by atoms with Crippen LogP contribution < -0.4 is 5.73 Å². The lowest BCUT2D eigenvalue weighted by molar-refractivity contribution is 0.165. The van der Waals surface area contributed by atoms with Gasteiger partial charge in [-0.2, -0.15) is 0 Å². The van der Waals surface area contributed by atoms with E-state index in [9.17, 15) is 0 Å². The van der Waals surface area contributed by atoms with Crippen LogP contribution in [0, 0.1) is 5.92 Å². The minimum Gasteiger partial charge on any atom is -0.329 e. The van der Waals surface area contributed by atoms with Crippen LogP contribution in [0.2, 0.25) is 0 Å². The molecule has 0 aliphatic heterocycles. The molecule has 0 saturated heterocycles. The van der Waals surface area contributed by atoms with Gasteiger partial charge in [-0.25, -0.2) is 0 Å². The Bertz CT molecular complexity index is 166. The summed E-state index contributed by atoms with van der Waals surface area (Å²) in [5.41, 5.74) is 5.90. The summed E-state index contributed by atoms with van der Waals surface area (Å²) in [6, 6.07) is 0.643. The van der Waals surface area contributed by atoms with Crippen LogP contribution in [0.1, 0.15) is 26.2 Å². The third kappa shape index (κ3) is 4.49. The molecule has 90 valence electrons. The van der Waals surface area contributed by atoms with Crippen molar-refractivity contribution in [3.05, 3.63) is 0 Å². The molecule has 0 heterocycles. The van der Waals surface area contributed by atoms with E-state index in [2.05, 4.69) is 30.8 Å². The van der Waals surface area contributed by atoms with Gasteiger partial charge in [0.25, 0.3) is 0 Å². The van der Waals surface area contributed by atoms with E-state index in [1.165, 1.54) is 32.4 Å². The van der Waals surface area contributed by atoms with Gasteiger partial charge < -0.3 is 10.6 Å². The topological polar surface area (TPSA) is 32.5 Å².